The van der Waals surface area contributed by atoms with E-state index in [0.717, 1.165) is 0 Å². The van der Waals surface area contributed by atoms with Gasteiger partial charge >= 0.3 is 12.1 Å². The van der Waals surface area contributed by atoms with Crippen LogP contribution in [-0.2, 0) is 9.53 Å². The fraction of sp³-hybridized carbons (Fsp3) is 0.875. The van der Waals surface area contributed by atoms with E-state index in [0.29, 0.717) is 19.4 Å². The number of rotatable bonds is 4. The highest BCUT2D eigenvalue weighted by atomic mass is 19.4. The van der Waals surface area contributed by atoms with E-state index in [-0.39, 0.29) is 0 Å². The predicted molar refractivity (Wildman–Crippen MR) is 44.5 cm³/mol. The van der Waals surface area contributed by atoms with Gasteiger partial charge < -0.3 is 9.84 Å². The van der Waals surface area contributed by atoms with Gasteiger partial charge in [-0.15, -0.1) is 0 Å². The van der Waals surface area contributed by atoms with Crippen molar-refractivity contribution in [2.24, 2.45) is 0 Å². The van der Waals surface area contributed by atoms with Crippen LogP contribution in [0.4, 0.5) is 13.2 Å². The fourth-order valence-corrected chi connectivity index (χ4v) is 1.47. The lowest BCUT2D eigenvalue weighted by Crippen LogP contribution is -2.49. The van der Waals surface area contributed by atoms with Gasteiger partial charge in [0.2, 0.25) is 0 Å². The van der Waals surface area contributed by atoms with E-state index in [1.54, 1.807) is 0 Å². The third-order valence-corrected chi connectivity index (χ3v) is 2.13. The van der Waals surface area contributed by atoms with Crippen LogP contribution >= 0.6 is 0 Å². The molecule has 1 saturated heterocycles. The van der Waals surface area contributed by atoms with Gasteiger partial charge in [-0.1, -0.05) is 0 Å². The summed E-state index contributed by atoms with van der Waals surface area (Å²) >= 11 is 0. The van der Waals surface area contributed by atoms with Crippen LogP contribution < -0.4 is 5.32 Å². The third-order valence-electron chi connectivity index (χ3n) is 2.13. The number of carbonyl (C=O) groups is 1. The van der Waals surface area contributed by atoms with Crippen molar-refractivity contribution >= 4 is 5.97 Å². The smallest absolute Gasteiger partial charge is 0.401 e. The molecule has 2 unspecified atom stereocenters. The fourth-order valence-electron chi connectivity index (χ4n) is 1.47. The average molecular weight is 227 g/mol. The number of aliphatic carboxylic acids is 1. The number of ether oxygens (including phenoxy) is 1. The largest absolute Gasteiger partial charge is 0.480 e. The molecule has 0 spiro atoms. The molecule has 0 radical (unpaired) electrons. The number of nitrogens with one attached hydrogen (secondary N) is 1. The van der Waals surface area contributed by atoms with Gasteiger partial charge in [-0.2, -0.15) is 13.2 Å². The van der Waals surface area contributed by atoms with Gasteiger partial charge in [-0.25, -0.2) is 0 Å². The summed E-state index contributed by atoms with van der Waals surface area (Å²) in [6, 6.07) is -1.28. The quantitative estimate of drug-likeness (QED) is 0.744. The van der Waals surface area contributed by atoms with E-state index < -0.39 is 30.8 Å². The van der Waals surface area contributed by atoms with Crippen LogP contribution in [0.25, 0.3) is 0 Å². The highest BCUT2D eigenvalue weighted by Gasteiger charge is 2.35. The SMILES string of the molecule is O=C(O)C(NCC(F)(F)F)C1CCCO1. The molecule has 4 nitrogen and oxygen atoms in total. The number of hydrogen-bond acceptors (Lipinski definition) is 3. The number of halogens is 3. The summed E-state index contributed by atoms with van der Waals surface area (Å²) in [4.78, 5) is 10.7. The molecule has 0 aliphatic carbocycles. The van der Waals surface area contributed by atoms with E-state index in [4.69, 9.17) is 9.84 Å². The molecular formula is C8H12F3NO3. The van der Waals surface area contributed by atoms with Gasteiger partial charge in [0.1, 0.15) is 6.04 Å². The number of alkyl halides is 3. The molecule has 0 amide bonds. The molecule has 88 valence electrons. The first kappa shape index (κ1) is 12.3. The van der Waals surface area contributed by atoms with Crippen molar-refractivity contribution in [2.45, 2.75) is 31.2 Å². The lowest BCUT2D eigenvalue weighted by atomic mass is 10.1. The Labute approximate surface area is 84.4 Å². The maximum atomic E-state index is 11.9. The highest BCUT2D eigenvalue weighted by molar-refractivity contribution is 5.74. The maximum Gasteiger partial charge on any atom is 0.401 e. The third kappa shape index (κ3) is 4.05. The van der Waals surface area contributed by atoms with E-state index in [1.807, 2.05) is 5.32 Å². The topological polar surface area (TPSA) is 58.6 Å². The molecule has 2 N–H and O–H groups in total. The molecule has 15 heavy (non-hydrogen) atoms. The Hall–Kier alpha value is -0.820. The molecule has 0 aromatic rings. The lowest BCUT2D eigenvalue weighted by molar-refractivity contribution is -0.147. The molecule has 1 fully saturated rings. The summed E-state index contributed by atoms with van der Waals surface area (Å²) in [5, 5.41) is 10.7. The molecule has 1 heterocycles. The Bertz CT molecular complexity index is 226. The van der Waals surface area contributed by atoms with Gasteiger partial charge in [0, 0.05) is 6.61 Å². The first-order valence-corrected chi connectivity index (χ1v) is 4.55. The first-order chi connectivity index (χ1) is 6.90. The molecule has 7 heteroatoms. The summed E-state index contributed by atoms with van der Waals surface area (Å²) in [5.74, 6) is -1.31. The van der Waals surface area contributed by atoms with E-state index in [2.05, 4.69) is 0 Å². The Balaban J connectivity index is 2.47. The Morgan fingerprint density at radius 3 is 2.67 bits per heavy atom. The molecule has 0 aromatic heterocycles. The minimum Gasteiger partial charge on any atom is -0.480 e. The van der Waals surface area contributed by atoms with Crippen LogP contribution in [0, 0.1) is 0 Å². The van der Waals surface area contributed by atoms with Crippen molar-refractivity contribution in [3.8, 4) is 0 Å². The lowest BCUT2D eigenvalue weighted by Gasteiger charge is -2.20. The Morgan fingerprint density at radius 1 is 1.60 bits per heavy atom. The molecule has 1 aliphatic rings. The number of carboxylic acids is 1. The molecule has 0 bridgehead atoms. The first-order valence-electron chi connectivity index (χ1n) is 4.55. The van der Waals surface area contributed by atoms with Crippen LogP contribution in [0.2, 0.25) is 0 Å². The zero-order valence-corrected chi connectivity index (χ0v) is 7.88. The summed E-state index contributed by atoms with van der Waals surface area (Å²) in [6.07, 6.45) is -3.92. The summed E-state index contributed by atoms with van der Waals surface area (Å²) in [5.41, 5.74) is 0. The van der Waals surface area contributed by atoms with Crippen molar-refractivity contribution in [3.05, 3.63) is 0 Å². The van der Waals surface area contributed by atoms with E-state index in [1.165, 1.54) is 0 Å². The van der Waals surface area contributed by atoms with Gasteiger partial charge in [-0.05, 0) is 12.8 Å². The van der Waals surface area contributed by atoms with Crippen LogP contribution in [0.1, 0.15) is 12.8 Å². The zero-order valence-electron chi connectivity index (χ0n) is 7.88. The van der Waals surface area contributed by atoms with Crippen LogP contribution in [-0.4, -0.2) is 42.5 Å². The number of carboxylic acid groups (broad SMARTS) is 1. The molecule has 0 aromatic carbocycles. The van der Waals surface area contributed by atoms with Crippen molar-refractivity contribution in [1.29, 1.82) is 0 Å². The zero-order chi connectivity index (χ0) is 11.5. The monoisotopic (exact) mass is 227 g/mol. The van der Waals surface area contributed by atoms with Crippen LogP contribution in [0.5, 0.6) is 0 Å². The van der Waals surface area contributed by atoms with Gasteiger partial charge in [0.05, 0.1) is 12.6 Å². The molecular weight excluding hydrogens is 215 g/mol. The van der Waals surface area contributed by atoms with E-state index >= 15 is 0 Å². The second-order valence-corrected chi connectivity index (χ2v) is 3.36. The van der Waals surface area contributed by atoms with Crippen molar-refractivity contribution in [3.63, 3.8) is 0 Å². The van der Waals surface area contributed by atoms with E-state index in [9.17, 15) is 18.0 Å². The normalized spacial score (nSPS) is 24.1. The number of hydrogen-bond donors (Lipinski definition) is 2. The minimum atomic E-state index is -4.41. The standard InChI is InChI=1S/C8H12F3NO3/c9-8(10,11)4-12-6(7(13)14)5-2-1-3-15-5/h5-6,12H,1-4H2,(H,13,14). The minimum absolute atomic E-state index is 0.405. The maximum absolute atomic E-state index is 11.9. The van der Waals surface area contributed by atoms with Gasteiger partial charge in [0.25, 0.3) is 0 Å². The molecule has 0 saturated carbocycles. The van der Waals surface area contributed by atoms with Crippen LogP contribution in [0.15, 0.2) is 0 Å². The Kier molecular flexibility index (Phi) is 3.92. The van der Waals surface area contributed by atoms with Crippen LogP contribution in [0.3, 0.4) is 0 Å². The van der Waals surface area contributed by atoms with Gasteiger partial charge in [-0.3, -0.25) is 10.1 Å². The summed E-state index contributed by atoms with van der Waals surface area (Å²) in [7, 11) is 0. The second kappa shape index (κ2) is 4.80. The summed E-state index contributed by atoms with van der Waals surface area (Å²) in [6.45, 7) is -0.911. The molecule has 1 rings (SSSR count). The molecule has 1 aliphatic heterocycles. The summed E-state index contributed by atoms with van der Waals surface area (Å²) < 4.78 is 40.6. The van der Waals surface area contributed by atoms with Crippen molar-refractivity contribution in [1.82, 2.24) is 5.32 Å². The second-order valence-electron chi connectivity index (χ2n) is 3.36. The van der Waals surface area contributed by atoms with Crippen molar-refractivity contribution in [2.75, 3.05) is 13.2 Å². The Morgan fingerprint density at radius 2 is 2.27 bits per heavy atom. The average Bonchev–Trinajstić information content (AvgIpc) is 2.54. The van der Waals surface area contributed by atoms with Crippen molar-refractivity contribution < 1.29 is 27.8 Å². The molecule has 2 atom stereocenters. The predicted octanol–water partition coefficient (Wildman–Crippen LogP) is 0.770. The highest BCUT2D eigenvalue weighted by Crippen LogP contribution is 2.18. The van der Waals surface area contributed by atoms with Gasteiger partial charge in [0.15, 0.2) is 0 Å².